The average molecular weight is 356 g/mol. The van der Waals surface area contributed by atoms with Crippen LogP contribution in [0, 0.1) is 5.92 Å². The molecule has 0 aliphatic carbocycles. The Balaban J connectivity index is 2.44. The predicted octanol–water partition coefficient (Wildman–Crippen LogP) is 2.45. The molecule has 2 amide bonds. The van der Waals surface area contributed by atoms with Crippen molar-refractivity contribution in [3.05, 3.63) is 23.2 Å². The van der Waals surface area contributed by atoms with Crippen molar-refractivity contribution in [1.82, 2.24) is 5.32 Å². The number of anilines is 1. The van der Waals surface area contributed by atoms with E-state index in [9.17, 15) is 9.59 Å². The molecular formula is C16H22ClN3O4. The molecule has 0 unspecified atom stereocenters. The molecule has 132 valence electrons. The van der Waals surface area contributed by atoms with E-state index >= 15 is 0 Å². The van der Waals surface area contributed by atoms with Crippen molar-refractivity contribution < 1.29 is 19.2 Å². The van der Waals surface area contributed by atoms with Crippen LogP contribution in [0.15, 0.2) is 23.4 Å². The lowest BCUT2D eigenvalue weighted by molar-refractivity contribution is -0.126. The van der Waals surface area contributed by atoms with Gasteiger partial charge in [0.2, 0.25) is 0 Å². The van der Waals surface area contributed by atoms with Crippen molar-refractivity contribution in [3.63, 3.8) is 0 Å². The van der Waals surface area contributed by atoms with E-state index in [1.807, 2.05) is 20.8 Å². The lowest BCUT2D eigenvalue weighted by Gasteiger charge is -2.16. The second-order valence-corrected chi connectivity index (χ2v) is 5.88. The van der Waals surface area contributed by atoms with Gasteiger partial charge in [0.15, 0.2) is 6.61 Å². The van der Waals surface area contributed by atoms with E-state index in [2.05, 4.69) is 15.8 Å². The van der Waals surface area contributed by atoms with Crippen molar-refractivity contribution in [3.8, 4) is 5.75 Å². The lowest BCUT2D eigenvalue weighted by Crippen LogP contribution is -2.38. The highest BCUT2D eigenvalue weighted by Gasteiger charge is 2.11. The fourth-order valence-electron chi connectivity index (χ4n) is 1.59. The standard InChI is InChI=1S/C16H22ClN3O4/c1-10(2)11(3)19-16(22)9-24-18-8-15(21)20-13-7-12(17)5-6-14(13)23-4/h5-8,10-11H,9H2,1-4H3,(H,19,22)(H,20,21)/b18-8-/t11-/m1/s1. The first kappa shape index (κ1) is 19.8. The van der Waals surface area contributed by atoms with E-state index < -0.39 is 5.91 Å². The van der Waals surface area contributed by atoms with Crippen LogP contribution >= 0.6 is 11.6 Å². The summed E-state index contributed by atoms with van der Waals surface area (Å²) in [6.07, 6.45) is 0.930. The zero-order valence-electron chi connectivity index (χ0n) is 14.1. The molecule has 0 saturated carbocycles. The number of carbonyl (C=O) groups excluding carboxylic acids is 2. The second kappa shape index (κ2) is 9.77. The quantitative estimate of drug-likeness (QED) is 0.553. The molecule has 0 bridgehead atoms. The van der Waals surface area contributed by atoms with Crippen LogP contribution in [0.1, 0.15) is 20.8 Å². The van der Waals surface area contributed by atoms with Crippen molar-refractivity contribution in [2.75, 3.05) is 19.0 Å². The summed E-state index contributed by atoms with van der Waals surface area (Å²) in [6, 6.07) is 4.85. The van der Waals surface area contributed by atoms with Crippen molar-refractivity contribution in [2.24, 2.45) is 11.1 Å². The molecule has 0 radical (unpaired) electrons. The minimum atomic E-state index is -0.536. The molecule has 0 heterocycles. The number of amides is 2. The number of hydrogen-bond acceptors (Lipinski definition) is 5. The maximum atomic E-state index is 11.8. The molecular weight excluding hydrogens is 334 g/mol. The first-order valence-corrected chi connectivity index (χ1v) is 7.80. The average Bonchev–Trinajstić information content (AvgIpc) is 2.51. The molecule has 2 N–H and O–H groups in total. The fraction of sp³-hybridized carbons (Fsp3) is 0.438. The molecule has 1 rings (SSSR count). The number of carbonyl (C=O) groups is 2. The van der Waals surface area contributed by atoms with E-state index in [4.69, 9.17) is 21.2 Å². The maximum absolute atomic E-state index is 11.8. The molecule has 1 aromatic carbocycles. The second-order valence-electron chi connectivity index (χ2n) is 5.44. The highest BCUT2D eigenvalue weighted by Crippen LogP contribution is 2.27. The third-order valence-corrected chi connectivity index (χ3v) is 3.48. The van der Waals surface area contributed by atoms with Gasteiger partial charge in [-0.2, -0.15) is 0 Å². The lowest BCUT2D eigenvalue weighted by atomic mass is 10.1. The van der Waals surface area contributed by atoms with E-state index in [1.54, 1.807) is 18.2 Å². The Labute approximate surface area is 146 Å². The van der Waals surface area contributed by atoms with Crippen LogP contribution in [0.5, 0.6) is 5.75 Å². The van der Waals surface area contributed by atoms with E-state index in [1.165, 1.54) is 7.11 Å². The zero-order chi connectivity index (χ0) is 18.1. The minimum absolute atomic E-state index is 0.0312. The van der Waals surface area contributed by atoms with E-state index in [0.717, 1.165) is 6.21 Å². The topological polar surface area (TPSA) is 89.0 Å². The Morgan fingerprint density at radius 1 is 1.33 bits per heavy atom. The first-order valence-electron chi connectivity index (χ1n) is 7.42. The summed E-state index contributed by atoms with van der Waals surface area (Å²) in [7, 11) is 1.48. The maximum Gasteiger partial charge on any atom is 0.270 e. The Morgan fingerprint density at radius 2 is 2.04 bits per heavy atom. The van der Waals surface area contributed by atoms with Gasteiger partial charge in [-0.05, 0) is 31.0 Å². The smallest absolute Gasteiger partial charge is 0.270 e. The summed E-state index contributed by atoms with van der Waals surface area (Å²) in [4.78, 5) is 28.1. The molecule has 7 nitrogen and oxygen atoms in total. The largest absolute Gasteiger partial charge is 0.495 e. The van der Waals surface area contributed by atoms with Crippen molar-refractivity contribution in [1.29, 1.82) is 0 Å². The van der Waals surface area contributed by atoms with Gasteiger partial charge in [0.1, 0.15) is 12.0 Å². The number of hydrogen-bond donors (Lipinski definition) is 2. The summed E-state index contributed by atoms with van der Waals surface area (Å²) >= 11 is 5.87. The zero-order valence-corrected chi connectivity index (χ0v) is 14.9. The fourth-order valence-corrected chi connectivity index (χ4v) is 1.76. The monoisotopic (exact) mass is 355 g/mol. The Kier molecular flexibility index (Phi) is 8.05. The van der Waals surface area contributed by atoms with E-state index in [-0.39, 0.29) is 18.6 Å². The summed E-state index contributed by atoms with van der Waals surface area (Å²) in [5, 5.41) is 9.24. The van der Waals surface area contributed by atoms with Crippen LogP contribution < -0.4 is 15.4 Å². The Morgan fingerprint density at radius 3 is 2.67 bits per heavy atom. The molecule has 0 aromatic heterocycles. The number of methoxy groups -OCH3 is 1. The van der Waals surface area contributed by atoms with Gasteiger partial charge in [0.05, 0.1) is 12.8 Å². The molecule has 0 spiro atoms. The first-order chi connectivity index (χ1) is 11.3. The van der Waals surface area contributed by atoms with Crippen LogP contribution in [-0.4, -0.2) is 37.8 Å². The van der Waals surface area contributed by atoms with Gasteiger partial charge < -0.3 is 20.2 Å². The summed E-state index contributed by atoms with van der Waals surface area (Å²) in [5.74, 6) is -0.0585. The van der Waals surface area contributed by atoms with Gasteiger partial charge in [0.25, 0.3) is 11.8 Å². The van der Waals surface area contributed by atoms with Gasteiger partial charge >= 0.3 is 0 Å². The minimum Gasteiger partial charge on any atom is -0.495 e. The summed E-state index contributed by atoms with van der Waals surface area (Å²) in [5.41, 5.74) is 0.407. The van der Waals surface area contributed by atoms with Crippen molar-refractivity contribution >= 4 is 35.3 Å². The molecule has 8 heteroatoms. The molecule has 0 aliphatic heterocycles. The molecule has 24 heavy (non-hydrogen) atoms. The van der Waals surface area contributed by atoms with Crippen LogP contribution in [-0.2, 0) is 14.4 Å². The predicted molar refractivity (Wildman–Crippen MR) is 93.5 cm³/mol. The van der Waals surface area contributed by atoms with Gasteiger partial charge in [-0.3, -0.25) is 9.59 Å². The molecule has 0 aliphatic rings. The van der Waals surface area contributed by atoms with Crippen molar-refractivity contribution in [2.45, 2.75) is 26.8 Å². The van der Waals surface area contributed by atoms with Crippen LogP contribution in [0.3, 0.4) is 0 Å². The van der Waals surface area contributed by atoms with Gasteiger partial charge in [0, 0.05) is 11.1 Å². The molecule has 0 saturated heterocycles. The van der Waals surface area contributed by atoms with Gasteiger partial charge in [-0.1, -0.05) is 30.6 Å². The SMILES string of the molecule is COc1ccc(Cl)cc1NC(=O)/C=N\OCC(=O)N[C@H](C)C(C)C. The van der Waals surface area contributed by atoms with Crippen LogP contribution in [0.25, 0.3) is 0 Å². The third-order valence-electron chi connectivity index (χ3n) is 3.25. The number of halogens is 1. The number of nitrogens with one attached hydrogen (secondary N) is 2. The van der Waals surface area contributed by atoms with Gasteiger partial charge in [-0.15, -0.1) is 0 Å². The third kappa shape index (κ3) is 6.87. The molecule has 0 fully saturated rings. The number of rotatable bonds is 8. The number of benzene rings is 1. The Bertz CT molecular complexity index is 605. The number of ether oxygens (including phenoxy) is 1. The number of nitrogens with zero attached hydrogens (tertiary/aromatic N) is 1. The normalized spacial score (nSPS) is 12.1. The van der Waals surface area contributed by atoms with E-state index in [0.29, 0.717) is 22.4 Å². The summed E-state index contributed by atoms with van der Waals surface area (Å²) < 4.78 is 5.11. The highest BCUT2D eigenvalue weighted by molar-refractivity contribution is 6.33. The molecule has 1 aromatic rings. The molecule has 1 atom stereocenters. The van der Waals surface area contributed by atoms with Crippen LogP contribution in [0.2, 0.25) is 5.02 Å². The van der Waals surface area contributed by atoms with Gasteiger partial charge in [-0.25, -0.2) is 0 Å². The Hall–Kier alpha value is -2.28. The summed E-state index contributed by atoms with van der Waals surface area (Å²) in [6.45, 7) is 5.63. The number of oxime groups is 1. The highest BCUT2D eigenvalue weighted by atomic mass is 35.5. The van der Waals surface area contributed by atoms with Crippen LogP contribution in [0.4, 0.5) is 5.69 Å².